The van der Waals surface area contributed by atoms with E-state index in [0.29, 0.717) is 47.8 Å². The smallest absolute Gasteiger partial charge is 0.322 e. The fraction of sp³-hybridized carbons (Fsp3) is 0.346. The SMILES string of the molecule is COCCN(Cc1nc(C(=O)NCc2ccc3c(c2)OCO3)cs1)C(=O)Nc1ccc(C(C)C)cc1. The summed E-state index contributed by atoms with van der Waals surface area (Å²) >= 11 is 1.34. The molecule has 2 heterocycles. The number of aromatic nitrogens is 1. The van der Waals surface area contributed by atoms with Gasteiger partial charge in [0.2, 0.25) is 6.79 Å². The number of urea groups is 1. The van der Waals surface area contributed by atoms with Gasteiger partial charge in [-0.2, -0.15) is 0 Å². The zero-order chi connectivity index (χ0) is 25.5. The summed E-state index contributed by atoms with van der Waals surface area (Å²) in [4.78, 5) is 31.7. The van der Waals surface area contributed by atoms with Gasteiger partial charge in [0.15, 0.2) is 11.5 Å². The van der Waals surface area contributed by atoms with Gasteiger partial charge >= 0.3 is 6.03 Å². The highest BCUT2D eigenvalue weighted by Crippen LogP contribution is 2.32. The maximum atomic E-state index is 13.0. The van der Waals surface area contributed by atoms with Crippen LogP contribution in [0.2, 0.25) is 0 Å². The van der Waals surface area contributed by atoms with Gasteiger partial charge in [-0.1, -0.05) is 32.0 Å². The molecule has 0 aliphatic carbocycles. The van der Waals surface area contributed by atoms with Gasteiger partial charge in [-0.3, -0.25) is 4.79 Å². The Labute approximate surface area is 214 Å². The second kappa shape index (κ2) is 11.9. The zero-order valence-corrected chi connectivity index (χ0v) is 21.4. The number of methoxy groups -OCH3 is 1. The van der Waals surface area contributed by atoms with Crippen LogP contribution in [0.3, 0.4) is 0 Å². The van der Waals surface area contributed by atoms with Crippen LogP contribution < -0.4 is 20.1 Å². The molecular formula is C26H30N4O5S. The van der Waals surface area contributed by atoms with E-state index >= 15 is 0 Å². The average Bonchev–Trinajstić information content (AvgIpc) is 3.54. The van der Waals surface area contributed by atoms with Crippen molar-refractivity contribution in [1.82, 2.24) is 15.2 Å². The van der Waals surface area contributed by atoms with Crippen molar-refractivity contribution in [3.05, 3.63) is 69.7 Å². The average molecular weight is 511 g/mol. The van der Waals surface area contributed by atoms with Crippen LogP contribution in [0.5, 0.6) is 11.5 Å². The van der Waals surface area contributed by atoms with Gasteiger partial charge in [0.25, 0.3) is 5.91 Å². The first-order valence-electron chi connectivity index (χ1n) is 11.7. The van der Waals surface area contributed by atoms with Gasteiger partial charge in [0.05, 0.1) is 13.2 Å². The van der Waals surface area contributed by atoms with Crippen molar-refractivity contribution in [3.8, 4) is 11.5 Å². The molecule has 190 valence electrons. The number of carbonyl (C=O) groups excluding carboxylic acids is 2. The summed E-state index contributed by atoms with van der Waals surface area (Å²) in [5, 5.41) is 8.16. The number of carbonyl (C=O) groups is 2. The maximum absolute atomic E-state index is 13.0. The third-order valence-corrected chi connectivity index (χ3v) is 6.52. The number of rotatable bonds is 10. The summed E-state index contributed by atoms with van der Waals surface area (Å²) in [6, 6.07) is 13.1. The highest BCUT2D eigenvalue weighted by Gasteiger charge is 2.19. The van der Waals surface area contributed by atoms with Crippen LogP contribution in [-0.4, -0.2) is 48.9 Å². The van der Waals surface area contributed by atoms with Gasteiger partial charge in [-0.15, -0.1) is 11.3 Å². The molecule has 10 heteroatoms. The van der Waals surface area contributed by atoms with E-state index in [1.54, 1.807) is 17.4 Å². The van der Waals surface area contributed by atoms with Crippen LogP contribution in [0.4, 0.5) is 10.5 Å². The third kappa shape index (κ3) is 6.52. The summed E-state index contributed by atoms with van der Waals surface area (Å²) in [5.74, 6) is 1.50. The predicted molar refractivity (Wildman–Crippen MR) is 138 cm³/mol. The molecule has 0 saturated heterocycles. The van der Waals surface area contributed by atoms with E-state index in [-0.39, 0.29) is 25.3 Å². The number of benzene rings is 2. The van der Waals surface area contributed by atoms with Crippen molar-refractivity contribution in [2.24, 2.45) is 0 Å². The van der Waals surface area contributed by atoms with Gasteiger partial charge in [0.1, 0.15) is 10.7 Å². The minimum atomic E-state index is -0.284. The number of hydrogen-bond acceptors (Lipinski definition) is 7. The molecule has 1 aliphatic rings. The van der Waals surface area contributed by atoms with Crippen LogP contribution >= 0.6 is 11.3 Å². The minimum absolute atomic E-state index is 0.205. The van der Waals surface area contributed by atoms with Gasteiger partial charge in [0, 0.05) is 31.3 Å². The number of thiazole rings is 1. The first-order chi connectivity index (χ1) is 17.4. The van der Waals surface area contributed by atoms with Crippen molar-refractivity contribution < 1.29 is 23.8 Å². The molecule has 1 aromatic heterocycles. The maximum Gasteiger partial charge on any atom is 0.322 e. The van der Waals surface area contributed by atoms with E-state index in [1.807, 2.05) is 42.5 Å². The number of hydrogen-bond donors (Lipinski definition) is 2. The molecule has 0 atom stereocenters. The molecule has 2 N–H and O–H groups in total. The molecule has 3 aromatic rings. The second-order valence-electron chi connectivity index (χ2n) is 8.62. The topological polar surface area (TPSA) is 102 Å². The molecule has 0 spiro atoms. The molecule has 0 saturated carbocycles. The zero-order valence-electron chi connectivity index (χ0n) is 20.6. The lowest BCUT2D eigenvalue weighted by atomic mass is 10.0. The Morgan fingerprint density at radius 3 is 2.67 bits per heavy atom. The Bertz CT molecular complexity index is 1200. The standard InChI is InChI=1S/C26H30N4O5S/c1-17(2)19-5-7-20(8-6-19)28-26(32)30(10-11-33-3)14-24-29-21(15-36-24)25(31)27-13-18-4-9-22-23(12-18)35-16-34-22/h4-9,12,15,17H,10-11,13-14,16H2,1-3H3,(H,27,31)(H,28,32). The number of fused-ring (bicyclic) bond motifs is 1. The Morgan fingerprint density at radius 1 is 1.14 bits per heavy atom. The second-order valence-corrected chi connectivity index (χ2v) is 9.56. The van der Waals surface area contributed by atoms with Crippen LogP contribution in [0.15, 0.2) is 47.8 Å². The van der Waals surface area contributed by atoms with Crippen molar-refractivity contribution in [2.75, 3.05) is 32.4 Å². The highest BCUT2D eigenvalue weighted by atomic mass is 32.1. The van der Waals surface area contributed by atoms with Crippen molar-refractivity contribution in [1.29, 1.82) is 0 Å². The Balaban J connectivity index is 1.34. The van der Waals surface area contributed by atoms with Gasteiger partial charge < -0.3 is 29.7 Å². The van der Waals surface area contributed by atoms with Crippen molar-refractivity contribution in [2.45, 2.75) is 32.9 Å². The summed E-state index contributed by atoms with van der Waals surface area (Å²) in [6.45, 7) is 5.82. The highest BCUT2D eigenvalue weighted by molar-refractivity contribution is 7.09. The molecule has 0 bridgehead atoms. The van der Waals surface area contributed by atoms with Gasteiger partial charge in [-0.05, 0) is 41.3 Å². The third-order valence-electron chi connectivity index (χ3n) is 5.68. The van der Waals surface area contributed by atoms with E-state index in [9.17, 15) is 9.59 Å². The Hall–Kier alpha value is -3.63. The Kier molecular flexibility index (Phi) is 8.40. The minimum Gasteiger partial charge on any atom is -0.454 e. The van der Waals surface area contributed by atoms with E-state index in [2.05, 4.69) is 29.5 Å². The number of ether oxygens (including phenoxy) is 3. The van der Waals surface area contributed by atoms with E-state index in [1.165, 1.54) is 16.9 Å². The number of nitrogens with one attached hydrogen (secondary N) is 2. The molecule has 1 aliphatic heterocycles. The number of anilines is 1. The fourth-order valence-corrected chi connectivity index (χ4v) is 4.37. The monoisotopic (exact) mass is 510 g/mol. The van der Waals surface area contributed by atoms with Crippen LogP contribution in [0, 0.1) is 0 Å². The van der Waals surface area contributed by atoms with Crippen molar-refractivity contribution in [3.63, 3.8) is 0 Å². The quantitative estimate of drug-likeness (QED) is 0.413. The molecule has 2 aromatic carbocycles. The fourth-order valence-electron chi connectivity index (χ4n) is 3.58. The molecule has 3 amide bonds. The lowest BCUT2D eigenvalue weighted by Crippen LogP contribution is -2.36. The van der Waals surface area contributed by atoms with E-state index in [4.69, 9.17) is 14.2 Å². The molecule has 0 unspecified atom stereocenters. The summed E-state index contributed by atoms with van der Waals surface area (Å²) in [5.41, 5.74) is 3.13. The molecule has 4 rings (SSSR count). The molecular weight excluding hydrogens is 480 g/mol. The first kappa shape index (κ1) is 25.5. The normalized spacial score (nSPS) is 12.0. The van der Waals surface area contributed by atoms with E-state index < -0.39 is 0 Å². The lowest BCUT2D eigenvalue weighted by molar-refractivity contribution is 0.0946. The predicted octanol–water partition coefficient (Wildman–Crippen LogP) is 4.61. The summed E-state index contributed by atoms with van der Waals surface area (Å²) < 4.78 is 15.9. The molecule has 36 heavy (non-hydrogen) atoms. The summed E-state index contributed by atoms with van der Waals surface area (Å²) in [6.07, 6.45) is 0. The van der Waals surface area contributed by atoms with E-state index in [0.717, 1.165) is 11.3 Å². The largest absolute Gasteiger partial charge is 0.454 e. The first-order valence-corrected chi connectivity index (χ1v) is 12.6. The molecule has 0 fully saturated rings. The van der Waals surface area contributed by atoms with Crippen LogP contribution in [0.25, 0.3) is 0 Å². The lowest BCUT2D eigenvalue weighted by Gasteiger charge is -2.22. The van der Waals surface area contributed by atoms with Crippen molar-refractivity contribution >= 4 is 29.0 Å². The van der Waals surface area contributed by atoms with Gasteiger partial charge in [-0.25, -0.2) is 9.78 Å². The number of nitrogens with zero attached hydrogens (tertiary/aromatic N) is 2. The summed E-state index contributed by atoms with van der Waals surface area (Å²) in [7, 11) is 1.59. The molecule has 0 radical (unpaired) electrons. The van der Waals surface area contributed by atoms with Crippen LogP contribution in [-0.2, 0) is 17.8 Å². The van der Waals surface area contributed by atoms with Crippen LogP contribution in [0.1, 0.15) is 46.4 Å². The Morgan fingerprint density at radius 2 is 1.92 bits per heavy atom. The molecule has 9 nitrogen and oxygen atoms in total. The number of amides is 3.